The van der Waals surface area contributed by atoms with Crippen molar-refractivity contribution >= 4 is 17.5 Å². The molecule has 0 saturated carbocycles. The Kier molecular flexibility index (Phi) is 4.81. The third-order valence-electron chi connectivity index (χ3n) is 5.17. The van der Waals surface area contributed by atoms with Crippen molar-refractivity contribution in [1.82, 2.24) is 24.8 Å². The van der Waals surface area contributed by atoms with Crippen LogP contribution in [0.1, 0.15) is 44.8 Å². The molecular weight excluding hydrogens is 354 g/mol. The van der Waals surface area contributed by atoms with Crippen molar-refractivity contribution < 1.29 is 9.59 Å². The minimum atomic E-state index is -0.170. The van der Waals surface area contributed by atoms with Crippen molar-refractivity contribution in [2.75, 3.05) is 13.1 Å². The lowest BCUT2D eigenvalue weighted by atomic mass is 10.0. The van der Waals surface area contributed by atoms with Gasteiger partial charge >= 0.3 is 0 Å². The summed E-state index contributed by atoms with van der Waals surface area (Å²) in [5, 5.41) is 7.26. The van der Waals surface area contributed by atoms with Crippen molar-refractivity contribution in [3.8, 4) is 0 Å². The topological polar surface area (TPSA) is 79.6 Å². The maximum absolute atomic E-state index is 12.7. The average Bonchev–Trinajstić information content (AvgIpc) is 3.12. The minimum absolute atomic E-state index is 0.0364. The highest BCUT2D eigenvalue weighted by atomic mass is 16.2. The molecule has 0 aliphatic carbocycles. The van der Waals surface area contributed by atoms with Crippen molar-refractivity contribution in [3.63, 3.8) is 0 Å². The highest BCUT2D eigenvalue weighted by molar-refractivity contribution is 5.99. The normalized spacial score (nSPS) is 15.0. The SMILES string of the molecule is Cc1ccc(C(=O)N2CCC(NC(=O)c3cnn4ccc(C)nc34)CC2)cc1. The Morgan fingerprint density at radius 3 is 2.50 bits per heavy atom. The van der Waals surface area contributed by atoms with Gasteiger partial charge in [0.25, 0.3) is 11.8 Å². The molecule has 28 heavy (non-hydrogen) atoms. The quantitative estimate of drug-likeness (QED) is 0.760. The van der Waals surface area contributed by atoms with Gasteiger partial charge in [0.05, 0.1) is 6.20 Å². The van der Waals surface area contributed by atoms with E-state index in [0.717, 1.165) is 24.1 Å². The standard InChI is InChI=1S/C21H23N5O2/c1-14-3-5-16(6-4-14)21(28)25-10-8-17(9-11-25)24-20(27)18-13-22-26-12-7-15(2)23-19(18)26/h3-7,12-13,17H,8-11H2,1-2H3,(H,24,27). The zero-order chi connectivity index (χ0) is 19.7. The number of nitrogens with one attached hydrogen (secondary N) is 1. The van der Waals surface area contributed by atoms with E-state index < -0.39 is 0 Å². The lowest BCUT2D eigenvalue weighted by Gasteiger charge is -2.32. The molecule has 3 heterocycles. The molecule has 0 bridgehead atoms. The Morgan fingerprint density at radius 2 is 1.79 bits per heavy atom. The lowest BCUT2D eigenvalue weighted by molar-refractivity contribution is 0.0698. The molecule has 1 fully saturated rings. The maximum Gasteiger partial charge on any atom is 0.256 e. The predicted molar refractivity (Wildman–Crippen MR) is 105 cm³/mol. The number of carbonyl (C=O) groups is 2. The Bertz CT molecular complexity index is 1020. The van der Waals surface area contributed by atoms with Crippen molar-refractivity contribution in [3.05, 3.63) is 65.1 Å². The number of aromatic nitrogens is 3. The number of piperidine rings is 1. The lowest BCUT2D eigenvalue weighted by Crippen LogP contribution is -2.46. The summed E-state index contributed by atoms with van der Waals surface area (Å²) in [7, 11) is 0. The molecule has 7 nitrogen and oxygen atoms in total. The van der Waals surface area contributed by atoms with Crippen LogP contribution >= 0.6 is 0 Å². The second-order valence-corrected chi connectivity index (χ2v) is 7.30. The van der Waals surface area contributed by atoms with Gasteiger partial charge in [-0.1, -0.05) is 17.7 Å². The first kappa shape index (κ1) is 18.2. The number of rotatable bonds is 3. The predicted octanol–water partition coefficient (Wildman–Crippen LogP) is 2.38. The Labute approximate surface area is 163 Å². The molecule has 2 amide bonds. The van der Waals surface area contributed by atoms with Gasteiger partial charge in [-0.3, -0.25) is 9.59 Å². The van der Waals surface area contributed by atoms with Crippen LogP contribution in [0.3, 0.4) is 0 Å². The van der Waals surface area contributed by atoms with Crippen molar-refractivity contribution in [2.45, 2.75) is 32.7 Å². The number of benzene rings is 1. The van der Waals surface area contributed by atoms with Gasteiger partial charge in [-0.2, -0.15) is 5.10 Å². The van der Waals surface area contributed by atoms with Crippen LogP contribution in [0.15, 0.2) is 42.7 Å². The molecule has 3 aromatic rings. The number of hydrogen-bond acceptors (Lipinski definition) is 4. The zero-order valence-corrected chi connectivity index (χ0v) is 16.1. The number of amides is 2. The van der Waals surface area contributed by atoms with Crippen LogP contribution in [0.25, 0.3) is 5.65 Å². The summed E-state index contributed by atoms with van der Waals surface area (Å²) in [4.78, 5) is 31.6. The van der Waals surface area contributed by atoms with Crippen LogP contribution in [0.4, 0.5) is 0 Å². The van der Waals surface area contributed by atoms with E-state index in [1.165, 1.54) is 0 Å². The van der Waals surface area contributed by atoms with Gasteiger partial charge in [-0.25, -0.2) is 9.50 Å². The van der Waals surface area contributed by atoms with Crippen molar-refractivity contribution in [1.29, 1.82) is 0 Å². The largest absolute Gasteiger partial charge is 0.349 e. The highest BCUT2D eigenvalue weighted by Gasteiger charge is 2.25. The number of nitrogens with zero attached hydrogens (tertiary/aromatic N) is 4. The monoisotopic (exact) mass is 377 g/mol. The van der Waals surface area contributed by atoms with Gasteiger partial charge in [-0.15, -0.1) is 0 Å². The Balaban J connectivity index is 1.37. The third kappa shape index (κ3) is 3.60. The number of hydrogen-bond donors (Lipinski definition) is 1. The summed E-state index contributed by atoms with van der Waals surface area (Å²) in [6.07, 6.45) is 4.81. The summed E-state index contributed by atoms with van der Waals surface area (Å²) in [5.41, 5.74) is 3.72. The fourth-order valence-electron chi connectivity index (χ4n) is 3.49. The molecule has 1 aromatic carbocycles. The number of likely N-dealkylation sites (tertiary alicyclic amines) is 1. The van der Waals surface area contributed by atoms with Crippen LogP contribution in [0.5, 0.6) is 0 Å². The molecular formula is C21H23N5O2. The van der Waals surface area contributed by atoms with E-state index in [2.05, 4.69) is 15.4 Å². The van der Waals surface area contributed by atoms with E-state index >= 15 is 0 Å². The van der Waals surface area contributed by atoms with E-state index in [1.807, 2.05) is 49.1 Å². The first-order valence-electron chi connectivity index (χ1n) is 9.49. The molecule has 1 aliphatic rings. The van der Waals surface area contributed by atoms with Gasteiger partial charge in [0.15, 0.2) is 5.65 Å². The number of aryl methyl sites for hydroxylation is 2. The molecule has 1 saturated heterocycles. The van der Waals surface area contributed by atoms with E-state index in [4.69, 9.17) is 0 Å². The van der Waals surface area contributed by atoms with Crippen LogP contribution in [0.2, 0.25) is 0 Å². The van der Waals surface area contributed by atoms with Gasteiger partial charge in [-0.05, 0) is 44.9 Å². The molecule has 0 radical (unpaired) electrons. The maximum atomic E-state index is 12.7. The van der Waals surface area contributed by atoms with Crippen LogP contribution in [0, 0.1) is 13.8 Å². The molecule has 7 heteroatoms. The van der Waals surface area contributed by atoms with Gasteiger partial charge in [0, 0.05) is 36.6 Å². The summed E-state index contributed by atoms with van der Waals surface area (Å²) >= 11 is 0. The second kappa shape index (κ2) is 7.42. The average molecular weight is 377 g/mol. The van der Waals surface area contributed by atoms with Crippen LogP contribution in [-0.2, 0) is 0 Å². The highest BCUT2D eigenvalue weighted by Crippen LogP contribution is 2.16. The van der Waals surface area contributed by atoms with E-state index in [1.54, 1.807) is 16.9 Å². The molecule has 144 valence electrons. The van der Waals surface area contributed by atoms with E-state index in [-0.39, 0.29) is 17.9 Å². The van der Waals surface area contributed by atoms with Gasteiger partial charge in [0.2, 0.25) is 0 Å². The molecule has 1 N–H and O–H groups in total. The van der Waals surface area contributed by atoms with Crippen molar-refractivity contribution in [2.24, 2.45) is 0 Å². The molecule has 0 unspecified atom stereocenters. The van der Waals surface area contributed by atoms with Crippen LogP contribution < -0.4 is 5.32 Å². The molecule has 4 rings (SSSR count). The third-order valence-corrected chi connectivity index (χ3v) is 5.17. The van der Waals surface area contributed by atoms with Gasteiger partial charge in [0.1, 0.15) is 5.56 Å². The van der Waals surface area contributed by atoms with Gasteiger partial charge < -0.3 is 10.2 Å². The van der Waals surface area contributed by atoms with E-state index in [0.29, 0.717) is 29.9 Å². The molecule has 1 aliphatic heterocycles. The minimum Gasteiger partial charge on any atom is -0.349 e. The Hall–Kier alpha value is -3.22. The first-order chi connectivity index (χ1) is 13.5. The van der Waals surface area contributed by atoms with Crippen LogP contribution in [-0.4, -0.2) is 50.4 Å². The number of carbonyl (C=O) groups excluding carboxylic acids is 2. The smallest absolute Gasteiger partial charge is 0.256 e. The fourth-order valence-corrected chi connectivity index (χ4v) is 3.49. The summed E-state index contributed by atoms with van der Waals surface area (Å²) in [6.45, 7) is 5.15. The summed E-state index contributed by atoms with van der Waals surface area (Å²) in [5.74, 6) is -0.122. The Morgan fingerprint density at radius 1 is 1.07 bits per heavy atom. The first-order valence-corrected chi connectivity index (χ1v) is 9.49. The summed E-state index contributed by atoms with van der Waals surface area (Å²) in [6, 6.07) is 9.52. The number of fused-ring (bicyclic) bond motifs is 1. The fraction of sp³-hybridized carbons (Fsp3) is 0.333. The summed E-state index contributed by atoms with van der Waals surface area (Å²) < 4.78 is 1.60. The molecule has 0 spiro atoms. The second-order valence-electron chi connectivity index (χ2n) is 7.30. The molecule has 2 aromatic heterocycles. The molecule has 0 atom stereocenters. The zero-order valence-electron chi connectivity index (χ0n) is 16.1. The van der Waals surface area contributed by atoms with E-state index in [9.17, 15) is 9.59 Å².